The van der Waals surface area contributed by atoms with Gasteiger partial charge in [-0.05, 0) is 82.6 Å². The summed E-state index contributed by atoms with van der Waals surface area (Å²) in [6.07, 6.45) is 8.73. The van der Waals surface area contributed by atoms with E-state index in [9.17, 15) is 4.79 Å². The number of likely N-dealkylation sites (N-methyl/N-ethyl adjacent to an activating group) is 1. The van der Waals surface area contributed by atoms with E-state index in [1.807, 2.05) is 13.8 Å². The Hall–Kier alpha value is -1.69. The molecule has 4 bridgehead atoms. The molecule has 6 heteroatoms. The average molecular weight is 398 g/mol. The zero-order valence-electron chi connectivity index (χ0n) is 18.2. The Balaban J connectivity index is 1.27. The third-order valence-corrected chi connectivity index (χ3v) is 8.01. The SMILES string of the molecule is Cc1nc(N2CCN(C)CC2)nc(C)c1NC(=O)CC12CC3CC(CC(C3)C1)C2. The smallest absolute Gasteiger partial charge is 0.225 e. The maximum atomic E-state index is 13.0. The molecule has 6 rings (SSSR count). The summed E-state index contributed by atoms with van der Waals surface area (Å²) >= 11 is 0. The van der Waals surface area contributed by atoms with E-state index in [-0.39, 0.29) is 11.3 Å². The normalized spacial score (nSPS) is 33.9. The van der Waals surface area contributed by atoms with E-state index in [1.165, 1.54) is 38.5 Å². The van der Waals surface area contributed by atoms with Crippen molar-refractivity contribution in [2.45, 2.75) is 58.8 Å². The van der Waals surface area contributed by atoms with Crippen molar-refractivity contribution in [2.24, 2.45) is 23.2 Å². The molecule has 0 atom stereocenters. The molecule has 1 N–H and O–H groups in total. The van der Waals surface area contributed by atoms with E-state index < -0.39 is 0 Å². The Labute approximate surface area is 174 Å². The van der Waals surface area contributed by atoms with E-state index in [0.717, 1.165) is 67.0 Å². The molecule has 0 spiro atoms. The summed E-state index contributed by atoms with van der Waals surface area (Å²) in [5.41, 5.74) is 2.84. The molecule has 29 heavy (non-hydrogen) atoms. The van der Waals surface area contributed by atoms with Crippen molar-refractivity contribution < 1.29 is 4.79 Å². The molecule has 5 fully saturated rings. The average Bonchev–Trinajstić information content (AvgIpc) is 2.63. The number of nitrogens with zero attached hydrogens (tertiary/aromatic N) is 4. The van der Waals surface area contributed by atoms with E-state index in [1.54, 1.807) is 0 Å². The van der Waals surface area contributed by atoms with Crippen LogP contribution in [-0.2, 0) is 4.79 Å². The molecule has 0 unspecified atom stereocenters. The van der Waals surface area contributed by atoms with Gasteiger partial charge in [-0.1, -0.05) is 0 Å². The molecule has 158 valence electrons. The van der Waals surface area contributed by atoms with E-state index in [0.29, 0.717) is 6.42 Å². The number of amides is 1. The Bertz CT molecular complexity index is 740. The second-order valence-corrected chi connectivity index (χ2v) is 10.5. The molecule has 4 saturated carbocycles. The lowest BCUT2D eigenvalue weighted by molar-refractivity contribution is -0.124. The lowest BCUT2D eigenvalue weighted by Gasteiger charge is -2.56. The van der Waals surface area contributed by atoms with E-state index in [4.69, 9.17) is 9.97 Å². The van der Waals surface area contributed by atoms with Crippen LogP contribution in [0.25, 0.3) is 0 Å². The van der Waals surface area contributed by atoms with Gasteiger partial charge in [0.05, 0.1) is 17.1 Å². The van der Waals surface area contributed by atoms with Crippen LogP contribution in [0.15, 0.2) is 0 Å². The van der Waals surface area contributed by atoms with Gasteiger partial charge in [-0.2, -0.15) is 0 Å². The topological polar surface area (TPSA) is 61.4 Å². The minimum atomic E-state index is 0.161. The number of aromatic nitrogens is 2. The number of rotatable bonds is 4. The highest BCUT2D eigenvalue weighted by Gasteiger charge is 2.51. The number of aryl methyl sites for hydroxylation is 2. The van der Waals surface area contributed by atoms with Gasteiger partial charge in [-0.3, -0.25) is 4.79 Å². The first-order valence-corrected chi connectivity index (χ1v) is 11.5. The summed E-state index contributed by atoms with van der Waals surface area (Å²) < 4.78 is 0. The Morgan fingerprint density at radius 3 is 2.00 bits per heavy atom. The van der Waals surface area contributed by atoms with Crippen molar-refractivity contribution in [3.05, 3.63) is 11.4 Å². The quantitative estimate of drug-likeness (QED) is 0.844. The molecule has 1 aliphatic heterocycles. The maximum absolute atomic E-state index is 13.0. The van der Waals surface area contributed by atoms with Crippen molar-refractivity contribution in [3.63, 3.8) is 0 Å². The Morgan fingerprint density at radius 2 is 1.48 bits per heavy atom. The Kier molecular flexibility index (Phi) is 4.80. The fraction of sp³-hybridized carbons (Fsp3) is 0.783. The summed E-state index contributed by atoms with van der Waals surface area (Å²) in [5.74, 6) is 3.59. The summed E-state index contributed by atoms with van der Waals surface area (Å²) in [7, 11) is 2.15. The van der Waals surface area contributed by atoms with Crippen molar-refractivity contribution in [1.82, 2.24) is 14.9 Å². The van der Waals surface area contributed by atoms with Gasteiger partial charge >= 0.3 is 0 Å². The van der Waals surface area contributed by atoms with Crippen LogP contribution < -0.4 is 10.2 Å². The largest absolute Gasteiger partial charge is 0.338 e. The van der Waals surface area contributed by atoms with Crippen molar-refractivity contribution in [2.75, 3.05) is 43.4 Å². The van der Waals surface area contributed by atoms with Crippen molar-refractivity contribution in [1.29, 1.82) is 0 Å². The van der Waals surface area contributed by atoms with Crippen LogP contribution >= 0.6 is 0 Å². The first-order valence-electron chi connectivity index (χ1n) is 11.5. The number of nitrogens with one attached hydrogen (secondary N) is 1. The highest BCUT2D eigenvalue weighted by atomic mass is 16.1. The first-order chi connectivity index (χ1) is 13.9. The molecule has 6 nitrogen and oxygen atoms in total. The number of piperazine rings is 1. The third-order valence-electron chi connectivity index (χ3n) is 8.01. The molecule has 1 saturated heterocycles. The number of carbonyl (C=O) groups is 1. The monoisotopic (exact) mass is 397 g/mol. The Morgan fingerprint density at radius 1 is 0.966 bits per heavy atom. The number of hydrogen-bond donors (Lipinski definition) is 1. The van der Waals surface area contributed by atoms with E-state index >= 15 is 0 Å². The standard InChI is InChI=1S/C23H35N5O/c1-15-21(16(2)25-22(24-15)28-6-4-27(3)5-7-28)26-20(29)14-23-11-17-8-18(12-23)10-19(9-17)13-23/h17-19H,4-14H2,1-3H3,(H,26,29). The van der Waals surface area contributed by atoms with Gasteiger partial charge in [-0.15, -0.1) is 0 Å². The zero-order valence-corrected chi connectivity index (χ0v) is 18.2. The molecular weight excluding hydrogens is 362 g/mol. The van der Waals surface area contributed by atoms with Gasteiger partial charge < -0.3 is 15.1 Å². The minimum Gasteiger partial charge on any atom is -0.338 e. The fourth-order valence-corrected chi connectivity index (χ4v) is 7.06. The third kappa shape index (κ3) is 3.76. The van der Waals surface area contributed by atoms with Crippen LogP contribution in [0.2, 0.25) is 0 Å². The summed E-state index contributed by atoms with van der Waals surface area (Å²) in [5, 5.41) is 3.20. The molecule has 1 aromatic rings. The molecule has 0 aromatic carbocycles. The fourth-order valence-electron chi connectivity index (χ4n) is 7.06. The van der Waals surface area contributed by atoms with Gasteiger partial charge in [0.1, 0.15) is 0 Å². The highest BCUT2D eigenvalue weighted by Crippen LogP contribution is 2.61. The number of anilines is 2. The predicted molar refractivity (Wildman–Crippen MR) is 115 cm³/mol. The van der Waals surface area contributed by atoms with Gasteiger partial charge in [0, 0.05) is 32.6 Å². The molecular formula is C23H35N5O. The van der Waals surface area contributed by atoms with Gasteiger partial charge in [0.25, 0.3) is 0 Å². The minimum absolute atomic E-state index is 0.161. The van der Waals surface area contributed by atoms with Crippen LogP contribution in [0.4, 0.5) is 11.6 Å². The predicted octanol–water partition coefficient (Wildman–Crippen LogP) is 3.39. The summed E-state index contributed by atoms with van der Waals surface area (Å²) in [4.78, 5) is 27.1. The van der Waals surface area contributed by atoms with Crippen LogP contribution in [0.3, 0.4) is 0 Å². The first kappa shape index (κ1) is 19.3. The second-order valence-electron chi connectivity index (χ2n) is 10.5. The van der Waals surface area contributed by atoms with Crippen LogP contribution in [-0.4, -0.2) is 54.0 Å². The van der Waals surface area contributed by atoms with Crippen molar-refractivity contribution in [3.8, 4) is 0 Å². The lowest BCUT2D eigenvalue weighted by atomic mass is 9.49. The lowest BCUT2D eigenvalue weighted by Crippen LogP contribution is -2.47. The van der Waals surface area contributed by atoms with Crippen LogP contribution in [0.5, 0.6) is 0 Å². The maximum Gasteiger partial charge on any atom is 0.225 e. The van der Waals surface area contributed by atoms with Crippen LogP contribution in [0.1, 0.15) is 56.3 Å². The van der Waals surface area contributed by atoms with E-state index in [2.05, 4.69) is 22.2 Å². The summed E-state index contributed by atoms with van der Waals surface area (Å²) in [6.45, 7) is 7.96. The molecule has 0 radical (unpaired) electrons. The molecule has 2 heterocycles. The zero-order chi connectivity index (χ0) is 20.2. The number of carbonyl (C=O) groups excluding carboxylic acids is 1. The van der Waals surface area contributed by atoms with Crippen LogP contribution in [0, 0.1) is 37.0 Å². The van der Waals surface area contributed by atoms with Gasteiger partial charge in [0.15, 0.2) is 0 Å². The van der Waals surface area contributed by atoms with Gasteiger partial charge in [-0.25, -0.2) is 9.97 Å². The second kappa shape index (κ2) is 7.22. The van der Waals surface area contributed by atoms with Crippen molar-refractivity contribution >= 4 is 17.5 Å². The van der Waals surface area contributed by atoms with Gasteiger partial charge in [0.2, 0.25) is 11.9 Å². The number of hydrogen-bond acceptors (Lipinski definition) is 5. The molecule has 1 aromatic heterocycles. The molecule has 1 amide bonds. The molecule has 5 aliphatic rings. The molecule has 4 aliphatic carbocycles. The highest BCUT2D eigenvalue weighted by molar-refractivity contribution is 5.92. The summed E-state index contributed by atoms with van der Waals surface area (Å²) in [6, 6.07) is 0.